The van der Waals surface area contributed by atoms with Crippen LogP contribution in [0.1, 0.15) is 0 Å². The van der Waals surface area contributed by atoms with Crippen molar-refractivity contribution in [1.29, 1.82) is 0 Å². The van der Waals surface area contributed by atoms with Gasteiger partial charge in [-0.3, -0.25) is 0 Å². The van der Waals surface area contributed by atoms with Crippen LogP contribution in [0.4, 0.5) is 0 Å². The maximum absolute atomic E-state index is 5.43. The van der Waals surface area contributed by atoms with Crippen LogP contribution in [-0.2, 0) is 0 Å². The van der Waals surface area contributed by atoms with E-state index in [2.05, 4.69) is 206 Å². The third kappa shape index (κ3) is 5.81. The lowest BCUT2D eigenvalue weighted by atomic mass is 9.91. The molecule has 0 spiro atoms. The summed E-state index contributed by atoms with van der Waals surface area (Å²) in [5.74, 6) is 0.690. The molecule has 0 saturated heterocycles. The lowest BCUT2D eigenvalue weighted by Gasteiger charge is -2.16. The molecular weight excluding hydrogens is 653 g/mol. The summed E-state index contributed by atoms with van der Waals surface area (Å²) < 4.78 is 0. The standard InChI is InChI=1S/C52H34N2/c1-4-14-35(15-5-1)38-24-26-40(27-25-38)52-53-49(44-31-42(36-16-6-2-7-17-36)30-43(32-44)37-18-8-3-9-19-37)34-50(54-52)51-46-23-13-11-21-41(46)33-48-45-22-12-10-20-39(45)28-29-47(48)51/h1-34H. The molecule has 0 atom stereocenters. The van der Waals surface area contributed by atoms with Crippen molar-refractivity contribution in [2.45, 2.75) is 0 Å². The van der Waals surface area contributed by atoms with Crippen LogP contribution < -0.4 is 0 Å². The van der Waals surface area contributed by atoms with E-state index < -0.39 is 0 Å². The normalized spacial score (nSPS) is 11.3. The van der Waals surface area contributed by atoms with E-state index in [0.29, 0.717) is 5.82 Å². The Labute approximate surface area is 314 Å². The van der Waals surface area contributed by atoms with Crippen molar-refractivity contribution < 1.29 is 0 Å². The van der Waals surface area contributed by atoms with Gasteiger partial charge in [0.05, 0.1) is 11.4 Å². The average Bonchev–Trinajstić information content (AvgIpc) is 3.26. The molecule has 0 N–H and O–H groups in total. The van der Waals surface area contributed by atoms with Gasteiger partial charge >= 0.3 is 0 Å². The van der Waals surface area contributed by atoms with E-state index in [9.17, 15) is 0 Å². The van der Waals surface area contributed by atoms with Crippen molar-refractivity contribution in [3.63, 3.8) is 0 Å². The van der Waals surface area contributed by atoms with Crippen LogP contribution in [0.25, 0.3) is 99.6 Å². The van der Waals surface area contributed by atoms with Crippen LogP contribution in [-0.4, -0.2) is 9.97 Å². The first-order valence-electron chi connectivity index (χ1n) is 18.4. The van der Waals surface area contributed by atoms with Crippen molar-refractivity contribution in [3.05, 3.63) is 206 Å². The Morgan fingerprint density at radius 1 is 0.241 bits per heavy atom. The first kappa shape index (κ1) is 31.6. The molecular formula is C52H34N2. The SMILES string of the molecule is c1ccc(-c2ccc(-c3nc(-c4cc(-c5ccccc5)cc(-c5ccccc5)c4)cc(-c4c5ccccc5cc5c4ccc4ccccc45)n3)cc2)cc1. The molecule has 0 aliphatic heterocycles. The molecule has 9 aromatic carbocycles. The number of aromatic nitrogens is 2. The summed E-state index contributed by atoms with van der Waals surface area (Å²) in [6.45, 7) is 0. The van der Waals surface area contributed by atoms with E-state index in [1.807, 2.05) is 0 Å². The van der Waals surface area contributed by atoms with Gasteiger partial charge in [-0.05, 0) is 96.0 Å². The van der Waals surface area contributed by atoms with Gasteiger partial charge in [0, 0.05) is 16.7 Å². The summed E-state index contributed by atoms with van der Waals surface area (Å²) in [5.41, 5.74) is 11.8. The fourth-order valence-electron chi connectivity index (χ4n) is 7.76. The van der Waals surface area contributed by atoms with Gasteiger partial charge in [-0.1, -0.05) is 176 Å². The Bertz CT molecular complexity index is 2890. The second-order valence-corrected chi connectivity index (χ2v) is 13.8. The number of hydrogen-bond donors (Lipinski definition) is 0. The van der Waals surface area contributed by atoms with E-state index in [0.717, 1.165) is 55.9 Å². The Morgan fingerprint density at radius 2 is 0.722 bits per heavy atom. The van der Waals surface area contributed by atoms with Crippen LogP contribution in [0, 0.1) is 0 Å². The second-order valence-electron chi connectivity index (χ2n) is 13.8. The number of hydrogen-bond acceptors (Lipinski definition) is 2. The molecule has 10 aromatic rings. The topological polar surface area (TPSA) is 25.8 Å². The van der Waals surface area contributed by atoms with E-state index in [1.165, 1.54) is 37.9 Å². The van der Waals surface area contributed by atoms with Gasteiger partial charge in [-0.15, -0.1) is 0 Å². The zero-order valence-corrected chi connectivity index (χ0v) is 29.5. The van der Waals surface area contributed by atoms with E-state index in [-0.39, 0.29) is 0 Å². The lowest BCUT2D eigenvalue weighted by Crippen LogP contribution is -1.98. The zero-order chi connectivity index (χ0) is 35.8. The molecule has 10 rings (SSSR count). The third-order valence-corrected chi connectivity index (χ3v) is 10.4. The Balaban J connectivity index is 1.25. The minimum absolute atomic E-state index is 0.690. The smallest absolute Gasteiger partial charge is 0.160 e. The van der Waals surface area contributed by atoms with Gasteiger partial charge in [0.25, 0.3) is 0 Å². The maximum atomic E-state index is 5.43. The maximum Gasteiger partial charge on any atom is 0.160 e. The molecule has 252 valence electrons. The first-order chi connectivity index (χ1) is 26.7. The summed E-state index contributed by atoms with van der Waals surface area (Å²) in [7, 11) is 0. The second kappa shape index (κ2) is 13.4. The van der Waals surface area contributed by atoms with E-state index in [4.69, 9.17) is 9.97 Å². The third-order valence-electron chi connectivity index (χ3n) is 10.4. The van der Waals surface area contributed by atoms with Crippen molar-refractivity contribution in [2.75, 3.05) is 0 Å². The quantitative estimate of drug-likeness (QED) is 0.129. The molecule has 0 saturated carbocycles. The van der Waals surface area contributed by atoms with Crippen molar-refractivity contribution in [1.82, 2.24) is 9.97 Å². The highest BCUT2D eigenvalue weighted by Gasteiger charge is 2.18. The molecule has 1 aromatic heterocycles. The number of nitrogens with zero attached hydrogens (tertiary/aromatic N) is 2. The highest BCUT2D eigenvalue weighted by Crippen LogP contribution is 2.41. The van der Waals surface area contributed by atoms with Crippen LogP contribution in [0.2, 0.25) is 0 Å². The predicted molar refractivity (Wildman–Crippen MR) is 227 cm³/mol. The van der Waals surface area contributed by atoms with Gasteiger partial charge in [0.1, 0.15) is 0 Å². The largest absolute Gasteiger partial charge is 0.228 e. The average molecular weight is 687 g/mol. The highest BCUT2D eigenvalue weighted by atomic mass is 14.9. The molecule has 2 nitrogen and oxygen atoms in total. The summed E-state index contributed by atoms with van der Waals surface area (Å²) in [6, 6.07) is 73.5. The van der Waals surface area contributed by atoms with Crippen LogP contribution in [0.3, 0.4) is 0 Å². The van der Waals surface area contributed by atoms with Crippen molar-refractivity contribution in [3.8, 4) is 67.3 Å². The van der Waals surface area contributed by atoms with Gasteiger partial charge in [0.15, 0.2) is 5.82 Å². The monoisotopic (exact) mass is 686 g/mol. The van der Waals surface area contributed by atoms with Gasteiger partial charge < -0.3 is 0 Å². The summed E-state index contributed by atoms with van der Waals surface area (Å²) in [4.78, 5) is 10.8. The van der Waals surface area contributed by atoms with Crippen LogP contribution in [0.5, 0.6) is 0 Å². The summed E-state index contributed by atoms with van der Waals surface area (Å²) >= 11 is 0. The Kier molecular flexibility index (Phi) is 7.85. The number of benzene rings is 9. The molecule has 0 bridgehead atoms. The molecule has 54 heavy (non-hydrogen) atoms. The molecule has 0 radical (unpaired) electrons. The lowest BCUT2D eigenvalue weighted by molar-refractivity contribution is 1.19. The zero-order valence-electron chi connectivity index (χ0n) is 29.5. The molecule has 0 unspecified atom stereocenters. The molecule has 0 fully saturated rings. The molecule has 0 amide bonds. The predicted octanol–water partition coefficient (Wildman–Crippen LogP) is 13.9. The van der Waals surface area contributed by atoms with Crippen LogP contribution in [0.15, 0.2) is 206 Å². The summed E-state index contributed by atoms with van der Waals surface area (Å²) in [6.07, 6.45) is 0. The van der Waals surface area contributed by atoms with E-state index >= 15 is 0 Å². The number of rotatable bonds is 6. The van der Waals surface area contributed by atoms with Gasteiger partial charge in [0.2, 0.25) is 0 Å². The van der Waals surface area contributed by atoms with Gasteiger partial charge in [-0.2, -0.15) is 0 Å². The van der Waals surface area contributed by atoms with Crippen molar-refractivity contribution in [2.24, 2.45) is 0 Å². The Morgan fingerprint density at radius 3 is 1.37 bits per heavy atom. The molecule has 2 heteroatoms. The molecule has 1 heterocycles. The fourth-order valence-corrected chi connectivity index (χ4v) is 7.76. The first-order valence-corrected chi connectivity index (χ1v) is 18.4. The minimum atomic E-state index is 0.690. The fraction of sp³-hybridized carbons (Fsp3) is 0. The minimum Gasteiger partial charge on any atom is -0.228 e. The van der Waals surface area contributed by atoms with Crippen LogP contribution >= 0.6 is 0 Å². The number of fused-ring (bicyclic) bond motifs is 4. The summed E-state index contributed by atoms with van der Waals surface area (Å²) in [5, 5.41) is 7.19. The highest BCUT2D eigenvalue weighted by molar-refractivity contribution is 6.19. The Hall–Kier alpha value is -7.16. The molecule has 0 aliphatic rings. The van der Waals surface area contributed by atoms with Gasteiger partial charge in [-0.25, -0.2) is 9.97 Å². The van der Waals surface area contributed by atoms with Crippen molar-refractivity contribution >= 4 is 32.3 Å². The van der Waals surface area contributed by atoms with E-state index in [1.54, 1.807) is 0 Å². The molecule has 0 aliphatic carbocycles.